The molecular weight excluding hydrogens is 380 g/mol. The number of amides is 2. The summed E-state index contributed by atoms with van der Waals surface area (Å²) < 4.78 is 5.19. The maximum absolute atomic E-state index is 12.9. The van der Waals surface area contributed by atoms with Crippen molar-refractivity contribution in [1.29, 1.82) is 0 Å². The Morgan fingerprint density at radius 1 is 1.14 bits per heavy atom. The van der Waals surface area contributed by atoms with Gasteiger partial charge < -0.3 is 14.6 Å². The van der Waals surface area contributed by atoms with Crippen LogP contribution in [0, 0.1) is 5.92 Å². The lowest BCUT2D eigenvalue weighted by atomic mass is 9.93. The molecule has 0 saturated carbocycles. The predicted octanol–water partition coefficient (Wildman–Crippen LogP) is 2.12. The van der Waals surface area contributed by atoms with E-state index in [0.717, 1.165) is 18.4 Å². The molecule has 2 unspecified atom stereocenters. The molecule has 0 spiro atoms. The molecule has 2 aliphatic rings. The number of hydrazine groups is 1. The van der Waals surface area contributed by atoms with Crippen LogP contribution in [0.15, 0.2) is 47.1 Å². The number of carbonyl (C=O) groups excluding carboxylic acids is 2. The molecule has 1 aromatic carbocycles. The fraction of sp³-hybridized carbons (Fsp3) is 0.400. The molecule has 3 N–H and O–H groups in total. The number of halogens is 1. The Balaban J connectivity index is 1.31. The van der Waals surface area contributed by atoms with Crippen LogP contribution < -0.4 is 16.2 Å². The molecule has 8 heteroatoms. The van der Waals surface area contributed by atoms with E-state index in [1.54, 1.807) is 17.0 Å². The Hall–Kier alpha value is -2.35. The number of nitrogens with zero attached hydrogens (tertiary/aromatic N) is 1. The van der Waals surface area contributed by atoms with Crippen LogP contribution in [0.25, 0.3) is 0 Å². The second-order valence-electron chi connectivity index (χ2n) is 7.21. The van der Waals surface area contributed by atoms with E-state index < -0.39 is 0 Å². The summed E-state index contributed by atoms with van der Waals surface area (Å²) in [5.41, 5.74) is 7.29. The van der Waals surface area contributed by atoms with Gasteiger partial charge in [0.2, 0.25) is 5.91 Å². The van der Waals surface area contributed by atoms with E-state index in [2.05, 4.69) is 16.2 Å². The van der Waals surface area contributed by atoms with Gasteiger partial charge in [-0.1, -0.05) is 23.7 Å². The molecule has 28 heavy (non-hydrogen) atoms. The largest absolute Gasteiger partial charge is 0.459 e. The van der Waals surface area contributed by atoms with Crippen LogP contribution in [0.5, 0.6) is 0 Å². The van der Waals surface area contributed by atoms with Crippen molar-refractivity contribution in [3.8, 4) is 0 Å². The molecule has 2 atom stereocenters. The monoisotopic (exact) mass is 402 g/mol. The Labute approximate surface area is 168 Å². The number of piperidine rings is 1. The molecule has 3 heterocycles. The van der Waals surface area contributed by atoms with Crippen LogP contribution in [0.3, 0.4) is 0 Å². The molecule has 0 aliphatic carbocycles. The van der Waals surface area contributed by atoms with Crippen molar-refractivity contribution in [3.05, 3.63) is 59.0 Å². The summed E-state index contributed by atoms with van der Waals surface area (Å²) in [6, 6.07) is 10.9. The first-order valence-corrected chi connectivity index (χ1v) is 9.86. The summed E-state index contributed by atoms with van der Waals surface area (Å²) in [6.45, 7) is 1.77. The lowest BCUT2D eigenvalue weighted by Crippen LogP contribution is -2.48. The first-order valence-electron chi connectivity index (χ1n) is 9.49. The normalized spacial score (nSPS) is 23.0. The van der Waals surface area contributed by atoms with Gasteiger partial charge in [-0.05, 0) is 42.7 Å². The minimum absolute atomic E-state index is 0.0215. The quantitative estimate of drug-likeness (QED) is 0.729. The fourth-order valence-corrected chi connectivity index (χ4v) is 3.94. The molecular formula is C20H23ClN4O3. The van der Waals surface area contributed by atoms with Gasteiger partial charge in [0.05, 0.1) is 18.2 Å². The second-order valence-corrected chi connectivity index (χ2v) is 7.65. The summed E-state index contributed by atoms with van der Waals surface area (Å²) in [4.78, 5) is 27.0. The van der Waals surface area contributed by atoms with Crippen molar-refractivity contribution < 1.29 is 14.0 Å². The number of likely N-dealkylation sites (tertiary alicyclic amines) is 1. The van der Waals surface area contributed by atoms with E-state index in [1.165, 1.54) is 6.26 Å². The number of hydrogen-bond acceptors (Lipinski definition) is 5. The standard InChI is InChI=1S/C20H23ClN4O3/c21-14-5-3-13(4-6-14)18-16(12-22-24-18)19(26)23-15-7-9-25(10-8-15)20(27)17-2-1-11-28-17/h1-6,11,15-16,18,22,24H,7-10,12H2,(H,23,26). The third kappa shape index (κ3) is 4.06. The number of rotatable bonds is 4. The zero-order valence-electron chi connectivity index (χ0n) is 15.4. The topological polar surface area (TPSA) is 86.6 Å². The number of nitrogens with one attached hydrogen (secondary N) is 3. The highest BCUT2D eigenvalue weighted by Crippen LogP contribution is 2.26. The molecule has 2 aromatic rings. The van der Waals surface area contributed by atoms with Gasteiger partial charge in [0.1, 0.15) is 0 Å². The van der Waals surface area contributed by atoms with Crippen molar-refractivity contribution in [2.45, 2.75) is 24.9 Å². The molecule has 2 aliphatic heterocycles. The predicted molar refractivity (Wildman–Crippen MR) is 105 cm³/mol. The van der Waals surface area contributed by atoms with Crippen molar-refractivity contribution >= 4 is 23.4 Å². The van der Waals surface area contributed by atoms with Crippen LogP contribution >= 0.6 is 11.6 Å². The lowest BCUT2D eigenvalue weighted by molar-refractivity contribution is -0.125. The van der Waals surface area contributed by atoms with Crippen LogP contribution in [0.4, 0.5) is 0 Å². The number of hydrogen-bond donors (Lipinski definition) is 3. The highest BCUT2D eigenvalue weighted by molar-refractivity contribution is 6.30. The SMILES string of the molecule is O=C(NC1CCN(C(=O)c2ccco2)CC1)C1CNNC1c1ccc(Cl)cc1. The number of benzene rings is 1. The lowest BCUT2D eigenvalue weighted by Gasteiger charge is -2.32. The minimum atomic E-state index is -0.205. The van der Waals surface area contributed by atoms with Gasteiger partial charge in [-0.25, -0.2) is 5.43 Å². The van der Waals surface area contributed by atoms with E-state index in [4.69, 9.17) is 16.0 Å². The Morgan fingerprint density at radius 2 is 1.89 bits per heavy atom. The maximum atomic E-state index is 12.9. The molecule has 2 amide bonds. The smallest absolute Gasteiger partial charge is 0.289 e. The molecule has 2 fully saturated rings. The zero-order chi connectivity index (χ0) is 19.5. The van der Waals surface area contributed by atoms with Crippen LogP contribution in [0.2, 0.25) is 5.02 Å². The maximum Gasteiger partial charge on any atom is 0.289 e. The van der Waals surface area contributed by atoms with Gasteiger partial charge in [0, 0.05) is 30.7 Å². The highest BCUT2D eigenvalue weighted by Gasteiger charge is 2.35. The van der Waals surface area contributed by atoms with Crippen molar-refractivity contribution in [1.82, 2.24) is 21.1 Å². The fourth-order valence-electron chi connectivity index (χ4n) is 3.82. The van der Waals surface area contributed by atoms with Gasteiger partial charge in [-0.3, -0.25) is 15.0 Å². The van der Waals surface area contributed by atoms with Gasteiger partial charge in [0.15, 0.2) is 5.76 Å². The van der Waals surface area contributed by atoms with Gasteiger partial charge in [0.25, 0.3) is 5.91 Å². The molecule has 4 rings (SSSR count). The molecule has 148 valence electrons. The van der Waals surface area contributed by atoms with Crippen molar-refractivity contribution in [3.63, 3.8) is 0 Å². The summed E-state index contributed by atoms with van der Waals surface area (Å²) in [5.74, 6) is 0.0791. The van der Waals surface area contributed by atoms with Crippen LogP contribution in [-0.4, -0.2) is 42.4 Å². The summed E-state index contributed by atoms with van der Waals surface area (Å²) in [7, 11) is 0. The van der Waals surface area contributed by atoms with E-state index in [-0.39, 0.29) is 29.8 Å². The third-order valence-electron chi connectivity index (χ3n) is 5.41. The molecule has 2 saturated heterocycles. The van der Waals surface area contributed by atoms with Gasteiger partial charge >= 0.3 is 0 Å². The average Bonchev–Trinajstić information content (AvgIpc) is 3.41. The van der Waals surface area contributed by atoms with E-state index >= 15 is 0 Å². The minimum Gasteiger partial charge on any atom is -0.459 e. The molecule has 7 nitrogen and oxygen atoms in total. The second kappa shape index (κ2) is 8.34. The molecule has 1 aromatic heterocycles. The van der Waals surface area contributed by atoms with Gasteiger partial charge in [-0.15, -0.1) is 0 Å². The van der Waals surface area contributed by atoms with E-state index in [9.17, 15) is 9.59 Å². The Kier molecular flexibility index (Phi) is 5.66. The van der Waals surface area contributed by atoms with E-state index in [1.807, 2.05) is 24.3 Å². The summed E-state index contributed by atoms with van der Waals surface area (Å²) in [6.07, 6.45) is 2.97. The van der Waals surface area contributed by atoms with Crippen molar-refractivity contribution in [2.75, 3.05) is 19.6 Å². The van der Waals surface area contributed by atoms with Crippen LogP contribution in [0.1, 0.15) is 35.0 Å². The molecule has 0 bridgehead atoms. The van der Waals surface area contributed by atoms with E-state index in [0.29, 0.717) is 30.4 Å². The average molecular weight is 403 g/mol. The number of furan rings is 1. The summed E-state index contributed by atoms with van der Waals surface area (Å²) >= 11 is 5.96. The Bertz CT molecular complexity index is 816. The summed E-state index contributed by atoms with van der Waals surface area (Å²) in [5, 5.41) is 3.83. The Morgan fingerprint density at radius 3 is 2.57 bits per heavy atom. The van der Waals surface area contributed by atoms with Gasteiger partial charge in [-0.2, -0.15) is 0 Å². The number of carbonyl (C=O) groups is 2. The molecule has 0 radical (unpaired) electrons. The third-order valence-corrected chi connectivity index (χ3v) is 5.66. The van der Waals surface area contributed by atoms with Crippen LogP contribution in [-0.2, 0) is 4.79 Å². The highest BCUT2D eigenvalue weighted by atomic mass is 35.5. The zero-order valence-corrected chi connectivity index (χ0v) is 16.1. The first kappa shape index (κ1) is 19.0. The first-order chi connectivity index (χ1) is 13.6. The van der Waals surface area contributed by atoms with Crippen molar-refractivity contribution in [2.24, 2.45) is 5.92 Å².